The Balaban J connectivity index is 2.23. The van der Waals surface area contributed by atoms with Crippen molar-refractivity contribution in [3.05, 3.63) is 51.2 Å². The normalized spacial score (nSPS) is 11.9. The van der Waals surface area contributed by atoms with Crippen molar-refractivity contribution in [2.24, 2.45) is 0 Å². The standard InChI is InChI=1S/C14H11ClF3N3O5S/c1-8-11(15)4-10(5-12(8)21(22)23)27(24,25)20-9-2-3-13(19-6-9)26-7-14(16,17)18/h2-6,20H,7H2,1H3. The van der Waals surface area contributed by atoms with Gasteiger partial charge in [-0.1, -0.05) is 11.6 Å². The first-order valence-corrected chi connectivity index (χ1v) is 8.88. The molecule has 0 atom stereocenters. The zero-order valence-corrected chi connectivity index (χ0v) is 15.0. The van der Waals surface area contributed by atoms with Crippen LogP contribution >= 0.6 is 11.6 Å². The average molecular weight is 426 g/mol. The van der Waals surface area contributed by atoms with Gasteiger partial charge in [0.2, 0.25) is 5.88 Å². The maximum atomic E-state index is 12.4. The molecule has 0 aliphatic rings. The Bertz CT molecular complexity index is 965. The number of anilines is 1. The van der Waals surface area contributed by atoms with E-state index in [-0.39, 0.29) is 22.2 Å². The number of hydrogen-bond donors (Lipinski definition) is 1. The summed E-state index contributed by atoms with van der Waals surface area (Å²) in [4.78, 5) is 13.3. The molecule has 27 heavy (non-hydrogen) atoms. The van der Waals surface area contributed by atoms with Crippen LogP contribution in [0, 0.1) is 17.0 Å². The highest BCUT2D eigenvalue weighted by Gasteiger charge is 2.28. The zero-order valence-electron chi connectivity index (χ0n) is 13.4. The minimum atomic E-state index is -4.54. The minimum Gasteiger partial charge on any atom is -0.468 e. The van der Waals surface area contributed by atoms with Gasteiger partial charge in [0.25, 0.3) is 15.7 Å². The van der Waals surface area contributed by atoms with Crippen LogP contribution in [0.15, 0.2) is 35.4 Å². The molecule has 2 aromatic rings. The van der Waals surface area contributed by atoms with Crippen molar-refractivity contribution >= 4 is 33.0 Å². The Hall–Kier alpha value is -2.60. The van der Waals surface area contributed by atoms with Gasteiger partial charge in [-0.05, 0) is 19.1 Å². The molecule has 0 radical (unpaired) electrons. The van der Waals surface area contributed by atoms with Gasteiger partial charge in [-0.2, -0.15) is 13.2 Å². The number of benzene rings is 1. The maximum absolute atomic E-state index is 12.4. The second-order valence-electron chi connectivity index (χ2n) is 5.20. The van der Waals surface area contributed by atoms with E-state index in [0.29, 0.717) is 0 Å². The van der Waals surface area contributed by atoms with Gasteiger partial charge in [-0.25, -0.2) is 13.4 Å². The largest absolute Gasteiger partial charge is 0.468 e. The molecule has 13 heteroatoms. The predicted octanol–water partition coefficient (Wildman–Crippen LogP) is 3.69. The summed E-state index contributed by atoms with van der Waals surface area (Å²) in [6.07, 6.45) is -3.60. The molecule has 0 saturated heterocycles. The van der Waals surface area contributed by atoms with Crippen molar-refractivity contribution < 1.29 is 31.2 Å². The smallest absolute Gasteiger partial charge is 0.422 e. The van der Waals surface area contributed by atoms with Gasteiger partial charge in [0, 0.05) is 17.7 Å². The Morgan fingerprint density at radius 2 is 2.00 bits per heavy atom. The predicted molar refractivity (Wildman–Crippen MR) is 89.4 cm³/mol. The molecule has 0 bridgehead atoms. The van der Waals surface area contributed by atoms with Crippen molar-refractivity contribution in [2.45, 2.75) is 18.0 Å². The molecule has 1 heterocycles. The van der Waals surface area contributed by atoms with Crippen molar-refractivity contribution in [1.82, 2.24) is 4.98 Å². The maximum Gasteiger partial charge on any atom is 0.422 e. The molecule has 1 aromatic carbocycles. The fraction of sp³-hybridized carbons (Fsp3) is 0.214. The molecule has 146 valence electrons. The van der Waals surface area contributed by atoms with Crippen molar-refractivity contribution in [3.63, 3.8) is 0 Å². The van der Waals surface area contributed by atoms with Crippen LogP contribution in [-0.2, 0) is 10.0 Å². The number of hydrogen-bond acceptors (Lipinski definition) is 6. The summed E-state index contributed by atoms with van der Waals surface area (Å²) in [7, 11) is -4.26. The molecule has 0 amide bonds. The number of nitrogens with one attached hydrogen (secondary N) is 1. The highest BCUT2D eigenvalue weighted by atomic mass is 35.5. The Morgan fingerprint density at radius 3 is 2.52 bits per heavy atom. The number of sulfonamides is 1. The summed E-state index contributed by atoms with van der Waals surface area (Å²) in [5.74, 6) is -0.357. The molecule has 1 N–H and O–H groups in total. The Kier molecular flexibility index (Phi) is 5.80. The minimum absolute atomic E-state index is 0.0892. The van der Waals surface area contributed by atoms with Gasteiger partial charge in [0.1, 0.15) is 0 Å². The molecule has 0 aliphatic carbocycles. The highest BCUT2D eigenvalue weighted by molar-refractivity contribution is 7.92. The Morgan fingerprint density at radius 1 is 1.33 bits per heavy atom. The molecule has 1 aromatic heterocycles. The lowest BCUT2D eigenvalue weighted by Gasteiger charge is -2.11. The Labute approximate surface area is 156 Å². The number of pyridine rings is 1. The topological polar surface area (TPSA) is 111 Å². The molecule has 0 fully saturated rings. The first kappa shape index (κ1) is 20.7. The SMILES string of the molecule is Cc1c(Cl)cc(S(=O)(=O)Nc2ccc(OCC(F)(F)F)nc2)cc1[N+](=O)[O-]. The second-order valence-corrected chi connectivity index (χ2v) is 7.29. The highest BCUT2D eigenvalue weighted by Crippen LogP contribution is 2.30. The van der Waals surface area contributed by atoms with Gasteiger partial charge in [0.15, 0.2) is 6.61 Å². The number of nitro benzene ring substituents is 1. The number of halogens is 4. The van der Waals surface area contributed by atoms with Gasteiger partial charge in [-0.15, -0.1) is 0 Å². The van der Waals surface area contributed by atoms with E-state index in [0.717, 1.165) is 30.5 Å². The van der Waals surface area contributed by atoms with Crippen molar-refractivity contribution in [2.75, 3.05) is 11.3 Å². The summed E-state index contributed by atoms with van der Waals surface area (Å²) in [6.45, 7) is -0.176. The fourth-order valence-electron chi connectivity index (χ4n) is 1.88. The van der Waals surface area contributed by atoms with Crippen LogP contribution in [0.5, 0.6) is 5.88 Å². The third kappa shape index (κ3) is 5.44. The molecular formula is C14H11ClF3N3O5S. The first-order chi connectivity index (χ1) is 12.4. The van der Waals surface area contributed by atoms with E-state index in [4.69, 9.17) is 11.6 Å². The van der Waals surface area contributed by atoms with Crippen LogP contribution < -0.4 is 9.46 Å². The number of rotatable bonds is 6. The van der Waals surface area contributed by atoms with E-state index in [1.807, 2.05) is 0 Å². The molecule has 2 rings (SSSR count). The van der Waals surface area contributed by atoms with Gasteiger partial charge >= 0.3 is 6.18 Å². The fourth-order valence-corrected chi connectivity index (χ4v) is 3.25. The van der Waals surface area contributed by atoms with Crippen LogP contribution in [0.25, 0.3) is 0 Å². The lowest BCUT2D eigenvalue weighted by molar-refractivity contribution is -0.385. The van der Waals surface area contributed by atoms with E-state index in [1.165, 1.54) is 6.92 Å². The molecule has 0 unspecified atom stereocenters. The average Bonchev–Trinajstić information content (AvgIpc) is 2.55. The monoisotopic (exact) mass is 425 g/mol. The van der Waals surface area contributed by atoms with Gasteiger partial charge in [0.05, 0.1) is 26.7 Å². The molecule has 0 aliphatic heterocycles. The summed E-state index contributed by atoms with van der Waals surface area (Å²) in [5.41, 5.74) is -0.459. The van der Waals surface area contributed by atoms with Crippen LogP contribution in [0.3, 0.4) is 0 Å². The van der Waals surface area contributed by atoms with Crippen LogP contribution in [0.4, 0.5) is 24.5 Å². The van der Waals surface area contributed by atoms with Crippen LogP contribution in [0.2, 0.25) is 5.02 Å². The van der Waals surface area contributed by atoms with E-state index in [1.54, 1.807) is 0 Å². The molecular weight excluding hydrogens is 415 g/mol. The summed E-state index contributed by atoms with van der Waals surface area (Å²) in [5, 5.41) is 10.9. The summed E-state index contributed by atoms with van der Waals surface area (Å²) < 4.78 is 67.5. The second kappa shape index (κ2) is 7.56. The van der Waals surface area contributed by atoms with Crippen molar-refractivity contribution in [1.29, 1.82) is 0 Å². The number of aromatic nitrogens is 1. The number of nitro groups is 1. The third-order valence-electron chi connectivity index (χ3n) is 3.17. The lowest BCUT2D eigenvalue weighted by Crippen LogP contribution is -2.19. The third-order valence-corrected chi connectivity index (χ3v) is 4.92. The summed E-state index contributed by atoms with van der Waals surface area (Å²) >= 11 is 5.85. The van der Waals surface area contributed by atoms with E-state index >= 15 is 0 Å². The number of ether oxygens (including phenoxy) is 1. The van der Waals surface area contributed by atoms with Crippen LogP contribution in [-0.4, -0.2) is 31.1 Å². The summed E-state index contributed by atoms with van der Waals surface area (Å²) in [6, 6.07) is 4.05. The lowest BCUT2D eigenvalue weighted by atomic mass is 10.2. The molecule has 8 nitrogen and oxygen atoms in total. The van der Waals surface area contributed by atoms with Crippen molar-refractivity contribution in [3.8, 4) is 5.88 Å². The van der Waals surface area contributed by atoms with Gasteiger partial charge in [-0.3, -0.25) is 14.8 Å². The first-order valence-electron chi connectivity index (χ1n) is 7.02. The van der Waals surface area contributed by atoms with Crippen LogP contribution in [0.1, 0.15) is 5.56 Å². The molecule has 0 saturated carbocycles. The quantitative estimate of drug-likeness (QED) is 0.558. The number of nitrogens with zero attached hydrogens (tertiary/aromatic N) is 2. The van der Waals surface area contributed by atoms with E-state index in [9.17, 15) is 31.7 Å². The zero-order chi connectivity index (χ0) is 20.4. The van der Waals surface area contributed by atoms with E-state index < -0.39 is 38.3 Å². The van der Waals surface area contributed by atoms with E-state index in [2.05, 4.69) is 14.4 Å². The molecule has 0 spiro atoms. The number of alkyl halides is 3. The van der Waals surface area contributed by atoms with Gasteiger partial charge < -0.3 is 4.74 Å².